The zero-order valence-electron chi connectivity index (χ0n) is 10.3. The summed E-state index contributed by atoms with van der Waals surface area (Å²) in [6.07, 6.45) is 0.906. The van der Waals surface area contributed by atoms with Gasteiger partial charge in [-0.1, -0.05) is 29.3 Å². The normalized spacial score (nSPS) is 12.7. The van der Waals surface area contributed by atoms with E-state index in [4.69, 9.17) is 23.2 Å². The third kappa shape index (κ3) is 3.27. The van der Waals surface area contributed by atoms with Crippen molar-refractivity contribution in [3.05, 3.63) is 55.7 Å². The summed E-state index contributed by atoms with van der Waals surface area (Å²) in [5.74, 6) is 0. The fourth-order valence-corrected chi connectivity index (χ4v) is 3.01. The molecule has 1 aromatic carbocycles. The summed E-state index contributed by atoms with van der Waals surface area (Å²) in [6, 6.07) is 8.35. The number of thiophene rings is 1. The monoisotopic (exact) mass is 299 g/mol. The standard InChI is InChI=1S/C14H15Cl2NS/c1-9-5-11(8-18-9)14(17-2)7-10-3-4-12(15)13(16)6-10/h3-6,8,14,17H,7H2,1-2H3. The SMILES string of the molecule is CNC(Cc1ccc(Cl)c(Cl)c1)c1csc(C)c1. The van der Waals surface area contributed by atoms with E-state index in [0.717, 1.165) is 6.42 Å². The molecule has 1 N–H and O–H groups in total. The fourth-order valence-electron chi connectivity index (χ4n) is 1.94. The van der Waals surface area contributed by atoms with Crippen LogP contribution in [0.15, 0.2) is 29.6 Å². The smallest absolute Gasteiger partial charge is 0.0595 e. The Kier molecular flexibility index (Phi) is 4.68. The summed E-state index contributed by atoms with van der Waals surface area (Å²) in [5, 5.41) is 6.77. The van der Waals surface area contributed by atoms with Gasteiger partial charge in [-0.25, -0.2) is 0 Å². The lowest BCUT2D eigenvalue weighted by atomic mass is 10.0. The van der Waals surface area contributed by atoms with Gasteiger partial charge in [-0.2, -0.15) is 0 Å². The van der Waals surface area contributed by atoms with Crippen molar-refractivity contribution in [3.63, 3.8) is 0 Å². The maximum Gasteiger partial charge on any atom is 0.0595 e. The molecule has 0 aliphatic heterocycles. The molecule has 0 bridgehead atoms. The minimum atomic E-state index is 0.312. The molecule has 96 valence electrons. The summed E-state index contributed by atoms with van der Waals surface area (Å²) in [6.45, 7) is 2.13. The lowest BCUT2D eigenvalue weighted by molar-refractivity contribution is 0.594. The molecule has 0 aliphatic carbocycles. The number of halogens is 2. The van der Waals surface area contributed by atoms with Crippen LogP contribution in [0, 0.1) is 6.92 Å². The molecule has 0 aliphatic rings. The molecule has 0 saturated heterocycles. The Balaban J connectivity index is 2.17. The second-order valence-corrected chi connectivity index (χ2v) is 6.21. The van der Waals surface area contributed by atoms with E-state index >= 15 is 0 Å². The van der Waals surface area contributed by atoms with E-state index in [9.17, 15) is 0 Å². The average molecular weight is 300 g/mol. The Labute approximate surface area is 122 Å². The van der Waals surface area contributed by atoms with Gasteiger partial charge >= 0.3 is 0 Å². The van der Waals surface area contributed by atoms with Gasteiger partial charge < -0.3 is 5.32 Å². The number of hydrogen-bond donors (Lipinski definition) is 1. The fraction of sp³-hybridized carbons (Fsp3) is 0.286. The first-order chi connectivity index (χ1) is 8.60. The molecule has 2 rings (SSSR count). The Hall–Kier alpha value is -0.540. The lowest BCUT2D eigenvalue weighted by Crippen LogP contribution is -2.18. The largest absolute Gasteiger partial charge is 0.313 e. The third-order valence-electron chi connectivity index (χ3n) is 2.93. The molecule has 2 aromatic rings. The quantitative estimate of drug-likeness (QED) is 0.849. The second kappa shape index (κ2) is 6.07. The zero-order chi connectivity index (χ0) is 13.1. The van der Waals surface area contributed by atoms with Crippen molar-refractivity contribution in [3.8, 4) is 0 Å². The van der Waals surface area contributed by atoms with Gasteiger partial charge in [0.15, 0.2) is 0 Å². The van der Waals surface area contributed by atoms with Crippen molar-refractivity contribution in [2.24, 2.45) is 0 Å². The van der Waals surface area contributed by atoms with Crippen molar-refractivity contribution < 1.29 is 0 Å². The number of aryl methyl sites for hydroxylation is 1. The summed E-state index contributed by atoms with van der Waals surface area (Å²) in [5.41, 5.74) is 2.51. The van der Waals surface area contributed by atoms with Crippen LogP contribution in [0.5, 0.6) is 0 Å². The maximum absolute atomic E-state index is 6.04. The highest BCUT2D eigenvalue weighted by Crippen LogP contribution is 2.27. The zero-order valence-corrected chi connectivity index (χ0v) is 12.7. The second-order valence-electron chi connectivity index (χ2n) is 4.28. The minimum Gasteiger partial charge on any atom is -0.313 e. The first kappa shape index (κ1) is 13.9. The molecule has 0 saturated carbocycles. The molecule has 1 unspecified atom stereocenters. The maximum atomic E-state index is 6.04. The third-order valence-corrected chi connectivity index (χ3v) is 4.54. The van der Waals surface area contributed by atoms with E-state index in [1.165, 1.54) is 16.0 Å². The van der Waals surface area contributed by atoms with Gasteiger partial charge in [-0.15, -0.1) is 11.3 Å². The van der Waals surface area contributed by atoms with Crippen LogP contribution >= 0.6 is 34.5 Å². The summed E-state index contributed by atoms with van der Waals surface area (Å²) < 4.78 is 0. The Bertz CT molecular complexity index is 536. The van der Waals surface area contributed by atoms with Crippen LogP contribution in [-0.4, -0.2) is 7.05 Å². The molecule has 1 heterocycles. The highest BCUT2D eigenvalue weighted by molar-refractivity contribution is 7.10. The molecule has 0 radical (unpaired) electrons. The molecule has 0 fully saturated rings. The first-order valence-corrected chi connectivity index (χ1v) is 7.40. The number of nitrogens with one attached hydrogen (secondary N) is 1. The van der Waals surface area contributed by atoms with Crippen molar-refractivity contribution in [1.29, 1.82) is 0 Å². The van der Waals surface area contributed by atoms with Crippen molar-refractivity contribution >= 4 is 34.5 Å². The van der Waals surface area contributed by atoms with Gasteiger partial charge in [-0.3, -0.25) is 0 Å². The van der Waals surface area contributed by atoms with Gasteiger partial charge in [0.2, 0.25) is 0 Å². The number of hydrogen-bond acceptors (Lipinski definition) is 2. The summed E-state index contributed by atoms with van der Waals surface area (Å²) in [4.78, 5) is 1.33. The highest BCUT2D eigenvalue weighted by atomic mass is 35.5. The topological polar surface area (TPSA) is 12.0 Å². The van der Waals surface area contributed by atoms with Crippen molar-refractivity contribution in [1.82, 2.24) is 5.32 Å². The van der Waals surface area contributed by atoms with Crippen LogP contribution in [0.1, 0.15) is 22.0 Å². The van der Waals surface area contributed by atoms with Gasteiger partial charge in [-0.05, 0) is 55.1 Å². The molecule has 1 nitrogen and oxygen atoms in total. The van der Waals surface area contributed by atoms with E-state index in [1.807, 2.05) is 25.2 Å². The Morgan fingerprint density at radius 3 is 2.56 bits per heavy atom. The molecule has 0 amide bonds. The van der Waals surface area contributed by atoms with Crippen LogP contribution in [0.4, 0.5) is 0 Å². The van der Waals surface area contributed by atoms with Gasteiger partial charge in [0.25, 0.3) is 0 Å². The van der Waals surface area contributed by atoms with E-state index < -0.39 is 0 Å². The first-order valence-electron chi connectivity index (χ1n) is 5.76. The number of benzene rings is 1. The van der Waals surface area contributed by atoms with Crippen LogP contribution in [-0.2, 0) is 6.42 Å². The van der Waals surface area contributed by atoms with E-state index in [-0.39, 0.29) is 0 Å². The summed E-state index contributed by atoms with van der Waals surface area (Å²) >= 11 is 13.7. The van der Waals surface area contributed by atoms with E-state index in [2.05, 4.69) is 23.7 Å². The van der Waals surface area contributed by atoms with Gasteiger partial charge in [0.05, 0.1) is 10.0 Å². The van der Waals surface area contributed by atoms with Crippen LogP contribution in [0.3, 0.4) is 0 Å². The van der Waals surface area contributed by atoms with Gasteiger partial charge in [0, 0.05) is 10.9 Å². The van der Waals surface area contributed by atoms with Crippen molar-refractivity contribution in [2.75, 3.05) is 7.05 Å². The Morgan fingerprint density at radius 1 is 1.22 bits per heavy atom. The molecule has 1 atom stereocenters. The molecule has 0 spiro atoms. The average Bonchev–Trinajstić information content (AvgIpc) is 2.77. The predicted molar refractivity (Wildman–Crippen MR) is 81.0 cm³/mol. The van der Waals surface area contributed by atoms with Gasteiger partial charge in [0.1, 0.15) is 0 Å². The van der Waals surface area contributed by atoms with Crippen LogP contribution < -0.4 is 5.32 Å². The Morgan fingerprint density at radius 2 is 2.00 bits per heavy atom. The molecule has 4 heteroatoms. The molecule has 1 aromatic heterocycles. The molecular weight excluding hydrogens is 285 g/mol. The number of likely N-dealkylation sites (N-methyl/N-ethyl adjacent to an activating group) is 1. The predicted octanol–water partition coefficient (Wildman–Crippen LogP) is 4.87. The minimum absolute atomic E-state index is 0.312. The van der Waals surface area contributed by atoms with E-state index in [0.29, 0.717) is 16.1 Å². The summed E-state index contributed by atoms with van der Waals surface area (Å²) in [7, 11) is 1.98. The van der Waals surface area contributed by atoms with Crippen molar-refractivity contribution in [2.45, 2.75) is 19.4 Å². The van der Waals surface area contributed by atoms with Crippen LogP contribution in [0.2, 0.25) is 10.0 Å². The molecular formula is C14H15Cl2NS. The lowest BCUT2D eigenvalue weighted by Gasteiger charge is -2.15. The highest BCUT2D eigenvalue weighted by Gasteiger charge is 2.12. The molecule has 18 heavy (non-hydrogen) atoms. The number of rotatable bonds is 4. The van der Waals surface area contributed by atoms with Crippen LogP contribution in [0.25, 0.3) is 0 Å². The van der Waals surface area contributed by atoms with E-state index in [1.54, 1.807) is 11.3 Å².